The normalized spacial score (nSPS) is 21.9. The highest BCUT2D eigenvalue weighted by Crippen LogP contribution is 2.31. The van der Waals surface area contributed by atoms with E-state index in [0.29, 0.717) is 17.8 Å². The Labute approximate surface area is 219 Å². The Bertz CT molecular complexity index is 1200. The molecule has 2 unspecified atom stereocenters. The van der Waals surface area contributed by atoms with Crippen molar-refractivity contribution in [2.45, 2.75) is 31.3 Å². The van der Waals surface area contributed by atoms with Crippen molar-refractivity contribution in [1.82, 2.24) is 15.5 Å². The molecule has 1 fully saturated rings. The fraction of sp³-hybridized carbons (Fsp3) is 0.385. The average Bonchev–Trinajstić information content (AvgIpc) is 3.32. The summed E-state index contributed by atoms with van der Waals surface area (Å²) in [6, 6.07) is 8.71. The molecular formula is C26H30ClFN6O3. The van der Waals surface area contributed by atoms with Crippen molar-refractivity contribution in [1.29, 1.82) is 0 Å². The van der Waals surface area contributed by atoms with Crippen molar-refractivity contribution in [3.8, 4) is 0 Å². The second kappa shape index (κ2) is 11.3. The van der Waals surface area contributed by atoms with Crippen LogP contribution in [0.1, 0.15) is 35.7 Å². The monoisotopic (exact) mass is 528 g/mol. The van der Waals surface area contributed by atoms with Gasteiger partial charge in [0.05, 0.1) is 16.9 Å². The van der Waals surface area contributed by atoms with Gasteiger partial charge in [-0.15, -0.1) is 0 Å². The number of nitrogens with zero attached hydrogens (tertiary/aromatic N) is 2. The van der Waals surface area contributed by atoms with E-state index in [0.717, 1.165) is 50.5 Å². The zero-order valence-electron chi connectivity index (χ0n) is 20.5. The number of rotatable bonds is 8. The Balaban J connectivity index is 1.43. The summed E-state index contributed by atoms with van der Waals surface area (Å²) in [6.45, 7) is 5.40. The number of aliphatic imine (C=N–C) groups is 1. The maximum atomic E-state index is 13.3. The molecule has 196 valence electrons. The minimum atomic E-state index is -1.58. The first-order valence-electron chi connectivity index (χ1n) is 12.2. The minimum absolute atomic E-state index is 0.0159. The third-order valence-electron chi connectivity index (χ3n) is 6.94. The molecule has 2 aromatic rings. The predicted octanol–water partition coefficient (Wildman–Crippen LogP) is 2.26. The molecule has 9 nitrogen and oxygen atoms in total. The zero-order chi connectivity index (χ0) is 26.6. The van der Waals surface area contributed by atoms with Crippen molar-refractivity contribution >= 4 is 41.3 Å². The SMILES string of the molecule is CC1CCN(CCNC(=O)C2N=CNC2(C(N)=O)c2ccc(NC(=O)c3ccc(F)cc3Cl)cc2)CC1. The number of piperidine rings is 1. The van der Waals surface area contributed by atoms with Crippen LogP contribution in [0.15, 0.2) is 47.5 Å². The van der Waals surface area contributed by atoms with E-state index < -0.39 is 35.1 Å². The van der Waals surface area contributed by atoms with Crippen LogP contribution >= 0.6 is 11.6 Å². The highest BCUT2D eigenvalue weighted by atomic mass is 35.5. The Morgan fingerprint density at radius 3 is 2.54 bits per heavy atom. The lowest BCUT2D eigenvalue weighted by Gasteiger charge is -2.32. The van der Waals surface area contributed by atoms with E-state index in [4.69, 9.17) is 17.3 Å². The average molecular weight is 529 g/mol. The molecule has 4 rings (SSSR count). The Morgan fingerprint density at radius 2 is 1.89 bits per heavy atom. The summed E-state index contributed by atoms with van der Waals surface area (Å²) in [4.78, 5) is 44.8. The lowest BCUT2D eigenvalue weighted by atomic mass is 9.82. The van der Waals surface area contributed by atoms with Crippen LogP contribution in [0.4, 0.5) is 10.1 Å². The molecule has 0 radical (unpaired) electrons. The van der Waals surface area contributed by atoms with Crippen molar-refractivity contribution < 1.29 is 18.8 Å². The molecule has 2 aliphatic heterocycles. The van der Waals surface area contributed by atoms with Crippen LogP contribution in [0.2, 0.25) is 5.02 Å². The van der Waals surface area contributed by atoms with Crippen molar-refractivity contribution in [3.05, 3.63) is 64.4 Å². The highest BCUT2D eigenvalue weighted by Gasteiger charge is 2.52. The number of benzene rings is 2. The molecule has 5 N–H and O–H groups in total. The summed E-state index contributed by atoms with van der Waals surface area (Å²) in [5.74, 6) is -1.51. The number of primary amides is 1. The molecule has 0 aromatic heterocycles. The fourth-order valence-corrected chi connectivity index (χ4v) is 4.92. The van der Waals surface area contributed by atoms with Crippen molar-refractivity contribution in [2.24, 2.45) is 16.6 Å². The van der Waals surface area contributed by atoms with E-state index in [9.17, 15) is 18.8 Å². The van der Waals surface area contributed by atoms with E-state index >= 15 is 0 Å². The summed E-state index contributed by atoms with van der Waals surface area (Å²) in [5, 5.41) is 8.43. The van der Waals surface area contributed by atoms with Crippen LogP contribution in [0.3, 0.4) is 0 Å². The number of hydrogen-bond acceptors (Lipinski definition) is 6. The molecule has 11 heteroatoms. The van der Waals surface area contributed by atoms with E-state index in [1.165, 1.54) is 12.4 Å². The van der Waals surface area contributed by atoms with Gasteiger partial charge < -0.3 is 26.6 Å². The summed E-state index contributed by atoms with van der Waals surface area (Å²) >= 11 is 5.97. The molecule has 2 heterocycles. The van der Waals surface area contributed by atoms with Crippen LogP contribution in [0, 0.1) is 11.7 Å². The van der Waals surface area contributed by atoms with Gasteiger partial charge in [0.2, 0.25) is 5.91 Å². The minimum Gasteiger partial charge on any atom is -0.367 e. The second-order valence-corrected chi connectivity index (χ2v) is 9.88. The molecule has 2 aliphatic rings. The van der Waals surface area contributed by atoms with Crippen LogP contribution in [-0.4, -0.2) is 61.2 Å². The van der Waals surface area contributed by atoms with Gasteiger partial charge in [0.25, 0.3) is 11.8 Å². The second-order valence-electron chi connectivity index (χ2n) is 9.47. The van der Waals surface area contributed by atoms with Crippen LogP contribution < -0.4 is 21.7 Å². The number of anilines is 1. The molecule has 37 heavy (non-hydrogen) atoms. The van der Waals surface area contributed by atoms with Gasteiger partial charge in [-0.1, -0.05) is 30.7 Å². The smallest absolute Gasteiger partial charge is 0.257 e. The number of likely N-dealkylation sites (tertiary alicyclic amines) is 1. The number of carbonyl (C=O) groups is 3. The summed E-state index contributed by atoms with van der Waals surface area (Å²) in [5.41, 5.74) is 5.15. The lowest BCUT2D eigenvalue weighted by molar-refractivity contribution is -0.131. The molecular weight excluding hydrogens is 499 g/mol. The van der Waals surface area contributed by atoms with Crippen LogP contribution in [0.25, 0.3) is 0 Å². The summed E-state index contributed by atoms with van der Waals surface area (Å²) < 4.78 is 13.3. The van der Waals surface area contributed by atoms with Gasteiger partial charge in [0, 0.05) is 18.8 Å². The molecule has 3 amide bonds. The number of halogens is 2. The van der Waals surface area contributed by atoms with Gasteiger partial charge in [-0.2, -0.15) is 0 Å². The van der Waals surface area contributed by atoms with Crippen LogP contribution in [0.5, 0.6) is 0 Å². The lowest BCUT2D eigenvalue weighted by Crippen LogP contribution is -2.60. The van der Waals surface area contributed by atoms with E-state index in [1.807, 2.05) is 0 Å². The molecule has 2 atom stereocenters. The topological polar surface area (TPSA) is 129 Å². The maximum Gasteiger partial charge on any atom is 0.257 e. The van der Waals surface area contributed by atoms with Gasteiger partial charge in [-0.3, -0.25) is 19.4 Å². The Morgan fingerprint density at radius 1 is 1.19 bits per heavy atom. The Hall–Kier alpha value is -3.50. The number of amides is 3. The number of hydrogen-bond donors (Lipinski definition) is 4. The van der Waals surface area contributed by atoms with Gasteiger partial charge >= 0.3 is 0 Å². The van der Waals surface area contributed by atoms with Gasteiger partial charge in [0.1, 0.15) is 5.82 Å². The quantitative estimate of drug-likeness (QED) is 0.418. The van der Waals surface area contributed by atoms with E-state index in [1.54, 1.807) is 24.3 Å². The summed E-state index contributed by atoms with van der Waals surface area (Å²) in [7, 11) is 0. The largest absolute Gasteiger partial charge is 0.367 e. The van der Waals surface area contributed by atoms with Gasteiger partial charge in [0.15, 0.2) is 11.6 Å². The zero-order valence-corrected chi connectivity index (χ0v) is 21.2. The standard InChI is InChI=1S/C26H30ClFN6O3/c1-16-8-11-34(12-9-16)13-10-30-24(36)22-26(25(29)37,32-15-31-22)17-2-5-19(6-3-17)33-23(35)20-7-4-18(28)14-21(20)27/h2-7,14-16,22H,8-13H2,1H3,(H2,29,37)(H,30,36)(H,31,32)(H,33,35). The molecule has 1 saturated heterocycles. The number of nitrogens with one attached hydrogen (secondary N) is 3. The predicted molar refractivity (Wildman–Crippen MR) is 140 cm³/mol. The van der Waals surface area contributed by atoms with Gasteiger partial charge in [-0.25, -0.2) is 4.39 Å². The summed E-state index contributed by atoms with van der Waals surface area (Å²) in [6.07, 6.45) is 3.60. The molecule has 0 spiro atoms. The Kier molecular flexibility index (Phi) is 8.09. The molecule has 2 aromatic carbocycles. The molecule has 0 aliphatic carbocycles. The first-order chi connectivity index (χ1) is 17.7. The van der Waals surface area contributed by atoms with E-state index in [-0.39, 0.29) is 10.6 Å². The van der Waals surface area contributed by atoms with Crippen molar-refractivity contribution in [2.75, 3.05) is 31.5 Å². The highest BCUT2D eigenvalue weighted by molar-refractivity contribution is 6.34. The van der Waals surface area contributed by atoms with Gasteiger partial charge in [-0.05, 0) is 67.7 Å². The fourth-order valence-electron chi connectivity index (χ4n) is 4.67. The molecule has 0 saturated carbocycles. The third kappa shape index (κ3) is 5.75. The maximum absolute atomic E-state index is 13.3. The first-order valence-corrected chi connectivity index (χ1v) is 12.5. The third-order valence-corrected chi connectivity index (χ3v) is 7.25. The molecule has 0 bridgehead atoms. The van der Waals surface area contributed by atoms with Crippen molar-refractivity contribution in [3.63, 3.8) is 0 Å². The number of carbonyl (C=O) groups excluding carboxylic acids is 3. The number of nitrogens with two attached hydrogens (primary N) is 1. The first kappa shape index (κ1) is 26.6. The van der Waals surface area contributed by atoms with E-state index in [2.05, 4.69) is 32.8 Å². The van der Waals surface area contributed by atoms with Crippen LogP contribution in [-0.2, 0) is 15.1 Å².